The van der Waals surface area contributed by atoms with Crippen LogP contribution in [-0.4, -0.2) is 27.1 Å². The molecule has 1 aliphatic carbocycles. The van der Waals surface area contributed by atoms with Crippen LogP contribution in [0.1, 0.15) is 48.3 Å². The van der Waals surface area contributed by atoms with Crippen molar-refractivity contribution < 1.29 is 14.7 Å². The minimum atomic E-state index is -0.856. The molecule has 0 saturated heterocycles. The Kier molecular flexibility index (Phi) is 3.64. The SMILES string of the molecule is Cc1ccc(C(=O)NC2(CC(=O)O)CCCC2)n1C. The van der Waals surface area contributed by atoms with Gasteiger partial charge < -0.3 is 15.0 Å². The monoisotopic (exact) mass is 264 g/mol. The van der Waals surface area contributed by atoms with Gasteiger partial charge in [0, 0.05) is 12.7 Å². The molecule has 19 heavy (non-hydrogen) atoms. The highest BCUT2D eigenvalue weighted by molar-refractivity contribution is 5.93. The summed E-state index contributed by atoms with van der Waals surface area (Å²) in [5.74, 6) is -1.04. The van der Waals surface area contributed by atoms with Crippen molar-refractivity contribution in [2.24, 2.45) is 7.05 Å². The first-order valence-corrected chi connectivity index (χ1v) is 6.60. The number of hydrogen-bond donors (Lipinski definition) is 2. The quantitative estimate of drug-likeness (QED) is 0.871. The van der Waals surface area contributed by atoms with E-state index in [1.807, 2.05) is 24.6 Å². The van der Waals surface area contributed by atoms with Gasteiger partial charge in [0.25, 0.3) is 5.91 Å². The van der Waals surface area contributed by atoms with E-state index in [-0.39, 0.29) is 12.3 Å². The topological polar surface area (TPSA) is 71.3 Å². The van der Waals surface area contributed by atoms with Gasteiger partial charge in [0.15, 0.2) is 0 Å². The highest BCUT2D eigenvalue weighted by Gasteiger charge is 2.37. The minimum absolute atomic E-state index is 0.00213. The lowest BCUT2D eigenvalue weighted by atomic mass is 9.93. The Morgan fingerprint density at radius 2 is 2.00 bits per heavy atom. The number of carboxylic acids is 1. The molecule has 1 aromatic heterocycles. The molecule has 0 unspecified atom stereocenters. The van der Waals surface area contributed by atoms with Crippen molar-refractivity contribution >= 4 is 11.9 Å². The summed E-state index contributed by atoms with van der Waals surface area (Å²) >= 11 is 0. The van der Waals surface area contributed by atoms with Crippen LogP contribution < -0.4 is 5.32 Å². The van der Waals surface area contributed by atoms with Gasteiger partial charge in [-0.25, -0.2) is 0 Å². The number of hydrogen-bond acceptors (Lipinski definition) is 2. The first-order valence-electron chi connectivity index (χ1n) is 6.60. The molecule has 1 aliphatic rings. The fourth-order valence-electron chi connectivity index (χ4n) is 2.83. The Labute approximate surface area is 112 Å². The number of carbonyl (C=O) groups is 2. The molecule has 1 aromatic rings. The van der Waals surface area contributed by atoms with Crippen LogP contribution in [0.5, 0.6) is 0 Å². The first kappa shape index (κ1) is 13.6. The normalized spacial score (nSPS) is 17.4. The molecule has 2 N–H and O–H groups in total. The van der Waals surface area contributed by atoms with Crippen LogP contribution in [0, 0.1) is 6.92 Å². The predicted octanol–water partition coefficient (Wildman–Crippen LogP) is 1.85. The summed E-state index contributed by atoms with van der Waals surface area (Å²) < 4.78 is 1.82. The second kappa shape index (κ2) is 5.07. The molecule has 0 aromatic carbocycles. The Balaban J connectivity index is 2.16. The van der Waals surface area contributed by atoms with E-state index in [9.17, 15) is 9.59 Å². The third-order valence-corrected chi connectivity index (χ3v) is 4.03. The summed E-state index contributed by atoms with van der Waals surface area (Å²) in [5.41, 5.74) is 1.01. The molecule has 104 valence electrons. The van der Waals surface area contributed by atoms with E-state index in [1.165, 1.54) is 0 Å². The van der Waals surface area contributed by atoms with Gasteiger partial charge in [-0.3, -0.25) is 9.59 Å². The summed E-state index contributed by atoms with van der Waals surface area (Å²) in [5, 5.41) is 12.0. The Morgan fingerprint density at radius 1 is 1.37 bits per heavy atom. The summed E-state index contributed by atoms with van der Waals surface area (Å²) in [4.78, 5) is 23.3. The van der Waals surface area contributed by atoms with Crippen LogP contribution in [0.25, 0.3) is 0 Å². The number of aromatic nitrogens is 1. The molecule has 1 saturated carbocycles. The van der Waals surface area contributed by atoms with Crippen molar-refractivity contribution in [3.8, 4) is 0 Å². The van der Waals surface area contributed by atoms with Gasteiger partial charge in [-0.2, -0.15) is 0 Å². The summed E-state index contributed by atoms with van der Waals surface area (Å²) in [7, 11) is 1.84. The number of rotatable bonds is 4. The van der Waals surface area contributed by atoms with Crippen LogP contribution in [0.3, 0.4) is 0 Å². The fraction of sp³-hybridized carbons (Fsp3) is 0.571. The van der Waals surface area contributed by atoms with Gasteiger partial charge >= 0.3 is 5.97 Å². The lowest BCUT2D eigenvalue weighted by Crippen LogP contribution is -2.48. The maximum absolute atomic E-state index is 12.3. The second-order valence-corrected chi connectivity index (χ2v) is 5.43. The van der Waals surface area contributed by atoms with Gasteiger partial charge in [-0.15, -0.1) is 0 Å². The van der Waals surface area contributed by atoms with E-state index in [4.69, 9.17) is 5.11 Å². The van der Waals surface area contributed by atoms with E-state index in [0.29, 0.717) is 5.69 Å². The van der Waals surface area contributed by atoms with E-state index < -0.39 is 11.5 Å². The molecule has 1 fully saturated rings. The molecule has 0 spiro atoms. The van der Waals surface area contributed by atoms with Crippen molar-refractivity contribution in [3.63, 3.8) is 0 Å². The molecule has 5 nitrogen and oxygen atoms in total. The number of nitrogens with one attached hydrogen (secondary N) is 1. The fourth-order valence-corrected chi connectivity index (χ4v) is 2.83. The molecule has 1 heterocycles. The van der Waals surface area contributed by atoms with Crippen LogP contribution in [0.15, 0.2) is 12.1 Å². The molecule has 0 radical (unpaired) electrons. The molecular formula is C14H20N2O3. The lowest BCUT2D eigenvalue weighted by Gasteiger charge is -2.28. The smallest absolute Gasteiger partial charge is 0.305 e. The van der Waals surface area contributed by atoms with Crippen LogP contribution in [-0.2, 0) is 11.8 Å². The van der Waals surface area contributed by atoms with Gasteiger partial charge in [0.1, 0.15) is 5.69 Å². The molecule has 5 heteroatoms. The predicted molar refractivity (Wildman–Crippen MR) is 71.1 cm³/mol. The van der Waals surface area contributed by atoms with E-state index in [0.717, 1.165) is 31.4 Å². The van der Waals surface area contributed by atoms with Gasteiger partial charge in [-0.1, -0.05) is 12.8 Å². The van der Waals surface area contributed by atoms with Crippen molar-refractivity contribution in [2.45, 2.75) is 44.6 Å². The maximum atomic E-state index is 12.3. The summed E-state index contributed by atoms with van der Waals surface area (Å²) in [6.07, 6.45) is 3.44. The highest BCUT2D eigenvalue weighted by Crippen LogP contribution is 2.33. The standard InChI is InChI=1S/C14H20N2O3/c1-10-5-6-11(16(10)2)13(19)15-14(9-12(17)18)7-3-4-8-14/h5-6H,3-4,7-9H2,1-2H3,(H,15,19)(H,17,18). The second-order valence-electron chi connectivity index (χ2n) is 5.43. The number of carbonyl (C=O) groups excluding carboxylic acids is 1. The van der Waals surface area contributed by atoms with E-state index >= 15 is 0 Å². The van der Waals surface area contributed by atoms with Gasteiger partial charge in [-0.05, 0) is 31.9 Å². The Hall–Kier alpha value is -1.78. The van der Waals surface area contributed by atoms with E-state index in [2.05, 4.69) is 5.32 Å². The maximum Gasteiger partial charge on any atom is 0.305 e. The minimum Gasteiger partial charge on any atom is -0.481 e. The van der Waals surface area contributed by atoms with Gasteiger partial charge in [0.2, 0.25) is 0 Å². The third-order valence-electron chi connectivity index (χ3n) is 4.03. The zero-order chi connectivity index (χ0) is 14.0. The molecule has 0 aliphatic heterocycles. The van der Waals surface area contributed by atoms with Gasteiger partial charge in [0.05, 0.1) is 12.0 Å². The number of amides is 1. The van der Waals surface area contributed by atoms with Crippen molar-refractivity contribution in [2.75, 3.05) is 0 Å². The number of carboxylic acid groups (broad SMARTS) is 1. The molecule has 0 atom stereocenters. The summed E-state index contributed by atoms with van der Waals surface area (Å²) in [6, 6.07) is 3.65. The summed E-state index contributed by atoms with van der Waals surface area (Å²) in [6.45, 7) is 1.93. The molecule has 1 amide bonds. The van der Waals surface area contributed by atoms with E-state index in [1.54, 1.807) is 6.07 Å². The molecule has 2 rings (SSSR count). The highest BCUT2D eigenvalue weighted by atomic mass is 16.4. The van der Waals surface area contributed by atoms with Crippen molar-refractivity contribution in [1.82, 2.24) is 9.88 Å². The Morgan fingerprint density at radius 3 is 2.47 bits per heavy atom. The number of aryl methyl sites for hydroxylation is 1. The largest absolute Gasteiger partial charge is 0.481 e. The molecule has 0 bridgehead atoms. The zero-order valence-electron chi connectivity index (χ0n) is 11.4. The van der Waals surface area contributed by atoms with Crippen molar-refractivity contribution in [1.29, 1.82) is 0 Å². The third kappa shape index (κ3) is 2.80. The molecular weight excluding hydrogens is 244 g/mol. The van der Waals surface area contributed by atoms with Crippen molar-refractivity contribution in [3.05, 3.63) is 23.5 Å². The average Bonchev–Trinajstić information content (AvgIpc) is 2.87. The Bertz CT molecular complexity index is 499. The van der Waals surface area contributed by atoms with Crippen LogP contribution in [0.2, 0.25) is 0 Å². The number of nitrogens with zero attached hydrogens (tertiary/aromatic N) is 1. The number of aliphatic carboxylic acids is 1. The lowest BCUT2D eigenvalue weighted by molar-refractivity contribution is -0.138. The van der Waals surface area contributed by atoms with Crippen LogP contribution >= 0.6 is 0 Å². The van der Waals surface area contributed by atoms with Crippen LogP contribution in [0.4, 0.5) is 0 Å². The first-order chi connectivity index (χ1) is 8.93. The average molecular weight is 264 g/mol. The zero-order valence-corrected chi connectivity index (χ0v) is 11.4.